The van der Waals surface area contributed by atoms with Crippen molar-refractivity contribution in [1.29, 1.82) is 0 Å². The highest BCUT2D eigenvalue weighted by atomic mass is 16.5. The first-order valence-electron chi connectivity index (χ1n) is 8.18. The van der Waals surface area contributed by atoms with E-state index in [0.717, 1.165) is 11.1 Å². The molecular formula is C18H19N5O4. The van der Waals surface area contributed by atoms with Crippen molar-refractivity contribution < 1.29 is 14.3 Å². The zero-order valence-corrected chi connectivity index (χ0v) is 14.9. The number of benzene rings is 2. The van der Waals surface area contributed by atoms with Crippen LogP contribution >= 0.6 is 0 Å². The molecule has 0 aromatic heterocycles. The van der Waals surface area contributed by atoms with Crippen LogP contribution in [0, 0.1) is 10.1 Å². The van der Waals surface area contributed by atoms with Crippen LogP contribution in [-0.2, 0) is 6.61 Å². The second kappa shape index (κ2) is 7.04. The predicted molar refractivity (Wildman–Crippen MR) is 101 cm³/mol. The van der Waals surface area contributed by atoms with Gasteiger partial charge in [0.25, 0.3) is 11.4 Å². The Hall–Kier alpha value is -3.46. The van der Waals surface area contributed by atoms with Gasteiger partial charge in [-0.15, -0.1) is 0 Å². The van der Waals surface area contributed by atoms with Gasteiger partial charge in [0, 0.05) is 24.8 Å². The minimum atomic E-state index is -1.16. The topological polar surface area (TPSA) is 123 Å². The fraction of sp³-hybridized carbons (Fsp3) is 0.222. The number of nitrogens with two attached hydrogens (primary N) is 1. The van der Waals surface area contributed by atoms with E-state index in [1.165, 1.54) is 6.21 Å². The minimum absolute atomic E-state index is 0.247. The number of carbonyl (C=O) groups excluding carboxylic acids is 1. The average molecular weight is 369 g/mol. The van der Waals surface area contributed by atoms with Crippen LogP contribution in [-0.4, -0.2) is 22.7 Å². The summed E-state index contributed by atoms with van der Waals surface area (Å²) in [6.45, 7) is 3.40. The maximum atomic E-state index is 12.3. The number of amides is 2. The van der Waals surface area contributed by atoms with Crippen LogP contribution in [0.4, 0.5) is 16.2 Å². The molecule has 2 aromatic rings. The molecular weight excluding hydrogens is 350 g/mol. The van der Waals surface area contributed by atoms with Crippen molar-refractivity contribution in [3.05, 3.63) is 63.7 Å². The molecule has 0 saturated carbocycles. The van der Waals surface area contributed by atoms with Gasteiger partial charge in [0.05, 0.1) is 11.0 Å². The van der Waals surface area contributed by atoms with Crippen LogP contribution in [0.25, 0.3) is 0 Å². The Kier molecular flexibility index (Phi) is 4.78. The maximum Gasteiger partial charge on any atom is 0.332 e. The molecule has 9 heteroatoms. The van der Waals surface area contributed by atoms with Crippen molar-refractivity contribution in [3.8, 4) is 5.75 Å². The molecule has 0 fully saturated rings. The predicted octanol–water partition coefficient (Wildman–Crippen LogP) is 2.73. The molecule has 0 spiro atoms. The van der Waals surface area contributed by atoms with Crippen LogP contribution in [0.15, 0.2) is 47.6 Å². The van der Waals surface area contributed by atoms with Crippen LogP contribution in [0.3, 0.4) is 0 Å². The molecule has 0 saturated heterocycles. The second-order valence-corrected chi connectivity index (χ2v) is 6.50. The zero-order chi connectivity index (χ0) is 19.6. The largest absolute Gasteiger partial charge is 0.753 e. The third-order valence-electron chi connectivity index (χ3n) is 4.15. The molecule has 0 radical (unpaired) electrons. The van der Waals surface area contributed by atoms with E-state index in [1.807, 2.05) is 0 Å². The van der Waals surface area contributed by atoms with E-state index in [9.17, 15) is 14.9 Å². The lowest BCUT2D eigenvalue weighted by molar-refractivity contribution is -0.532. The third kappa shape index (κ3) is 3.72. The quantitative estimate of drug-likeness (QED) is 0.476. The molecule has 1 aliphatic heterocycles. The summed E-state index contributed by atoms with van der Waals surface area (Å²) in [6, 6.07) is 11.4. The van der Waals surface area contributed by atoms with Gasteiger partial charge in [0.2, 0.25) is 0 Å². The molecule has 9 nitrogen and oxygen atoms in total. The number of hydroxylamine groups is 1. The monoisotopic (exact) mass is 369 g/mol. The van der Waals surface area contributed by atoms with Gasteiger partial charge in [0.15, 0.2) is 0 Å². The van der Waals surface area contributed by atoms with E-state index < -0.39 is 11.7 Å². The number of urea groups is 1. The molecule has 2 aromatic carbocycles. The summed E-state index contributed by atoms with van der Waals surface area (Å²) >= 11 is 0. The number of nitroso groups, excluding NO2 is 1. The number of hydrogen-bond acceptors (Lipinski definition) is 6. The Labute approximate surface area is 155 Å². The lowest BCUT2D eigenvalue weighted by Crippen LogP contribution is -2.41. The van der Waals surface area contributed by atoms with Gasteiger partial charge < -0.3 is 20.7 Å². The van der Waals surface area contributed by atoms with Crippen molar-refractivity contribution in [2.45, 2.75) is 26.1 Å². The average Bonchev–Trinajstić information content (AvgIpc) is 2.81. The molecule has 3 rings (SSSR count). The van der Waals surface area contributed by atoms with Gasteiger partial charge in [0.1, 0.15) is 18.0 Å². The van der Waals surface area contributed by atoms with E-state index in [4.69, 9.17) is 10.5 Å². The number of rotatable bonds is 5. The van der Waals surface area contributed by atoms with E-state index >= 15 is 0 Å². The Bertz CT molecular complexity index is 908. The third-order valence-corrected chi connectivity index (χ3v) is 4.15. The van der Waals surface area contributed by atoms with Crippen molar-refractivity contribution in [1.82, 2.24) is 5.43 Å². The molecule has 2 amide bonds. The second-order valence-electron chi connectivity index (χ2n) is 6.50. The number of hydrazone groups is 1. The first-order valence-corrected chi connectivity index (χ1v) is 8.18. The SMILES string of the molecule is CC1(C)N([O-])c2cc(COc3ccc(/C=N/NC(N)=O)cc3)ccc2[N+]1=O. The highest BCUT2D eigenvalue weighted by Crippen LogP contribution is 2.43. The number of fused-ring (bicyclic) bond motifs is 1. The molecule has 0 aliphatic carbocycles. The molecule has 1 aliphatic rings. The highest BCUT2D eigenvalue weighted by molar-refractivity contribution is 5.81. The van der Waals surface area contributed by atoms with E-state index in [0.29, 0.717) is 26.9 Å². The highest BCUT2D eigenvalue weighted by Gasteiger charge is 2.48. The van der Waals surface area contributed by atoms with Crippen LogP contribution in [0.1, 0.15) is 25.0 Å². The zero-order valence-electron chi connectivity index (χ0n) is 14.9. The lowest BCUT2D eigenvalue weighted by Gasteiger charge is -2.30. The first kappa shape index (κ1) is 18.3. The summed E-state index contributed by atoms with van der Waals surface area (Å²) in [5.74, 6) is 0.625. The molecule has 3 N–H and O–H groups in total. The number of primary amides is 1. The van der Waals surface area contributed by atoms with E-state index in [1.54, 1.807) is 56.3 Å². The molecule has 0 unspecified atom stereocenters. The van der Waals surface area contributed by atoms with Gasteiger partial charge >= 0.3 is 6.03 Å². The summed E-state index contributed by atoms with van der Waals surface area (Å²) in [5.41, 5.74) is 8.08. The van der Waals surface area contributed by atoms with Crippen molar-refractivity contribution in [2.75, 3.05) is 5.06 Å². The molecule has 140 valence electrons. The van der Waals surface area contributed by atoms with Gasteiger partial charge in [-0.3, -0.25) is 0 Å². The van der Waals surface area contributed by atoms with Gasteiger partial charge in [-0.2, -0.15) is 5.10 Å². The Morgan fingerprint density at radius 1 is 1.33 bits per heavy atom. The summed E-state index contributed by atoms with van der Waals surface area (Å²) in [5, 5.41) is 16.7. The minimum Gasteiger partial charge on any atom is -0.753 e. The number of nitrogens with one attached hydrogen (secondary N) is 1. The van der Waals surface area contributed by atoms with Gasteiger partial charge in [-0.05, 0) is 47.5 Å². The number of anilines is 1. The molecule has 0 atom stereocenters. The van der Waals surface area contributed by atoms with E-state index in [-0.39, 0.29) is 6.61 Å². The smallest absolute Gasteiger partial charge is 0.332 e. The number of hydrogen-bond donors (Lipinski definition) is 2. The van der Waals surface area contributed by atoms with Crippen molar-refractivity contribution >= 4 is 23.6 Å². The molecule has 0 bridgehead atoms. The molecule has 27 heavy (non-hydrogen) atoms. The fourth-order valence-electron chi connectivity index (χ4n) is 2.65. The van der Waals surface area contributed by atoms with E-state index in [2.05, 4.69) is 10.5 Å². The van der Waals surface area contributed by atoms with Crippen LogP contribution in [0.5, 0.6) is 5.75 Å². The summed E-state index contributed by atoms with van der Waals surface area (Å²) in [4.78, 5) is 22.7. The standard InChI is InChI=1S/C18H19N5O4/c1-18(2)22(25)15-8-5-13(9-16(15)23(18)26)11-27-14-6-3-12(4-7-14)10-20-21-17(19)24/h3-10H,11H2,1-2H3,(H3,19,21,24)/b20-10+. The summed E-state index contributed by atoms with van der Waals surface area (Å²) in [6.07, 6.45) is 1.45. The first-order chi connectivity index (χ1) is 12.8. The fourth-order valence-corrected chi connectivity index (χ4v) is 2.65. The number of nitrogens with zero attached hydrogens (tertiary/aromatic N) is 3. The van der Waals surface area contributed by atoms with Crippen molar-refractivity contribution in [2.24, 2.45) is 10.8 Å². The Balaban J connectivity index is 1.65. The van der Waals surface area contributed by atoms with Gasteiger partial charge in [-0.25, -0.2) is 10.2 Å². The molecule has 1 heterocycles. The summed E-state index contributed by atoms with van der Waals surface area (Å²) in [7, 11) is 0. The maximum absolute atomic E-state index is 12.3. The van der Waals surface area contributed by atoms with Crippen molar-refractivity contribution in [3.63, 3.8) is 0 Å². The Morgan fingerprint density at radius 2 is 2.04 bits per heavy atom. The summed E-state index contributed by atoms with van der Waals surface area (Å²) < 4.78 is 6.43. The van der Waals surface area contributed by atoms with Crippen LogP contribution in [0.2, 0.25) is 0 Å². The lowest BCUT2D eigenvalue weighted by atomic mass is 10.2. The Morgan fingerprint density at radius 3 is 2.70 bits per heavy atom. The number of carbonyl (C=O) groups is 1. The number of ether oxygens (including phenoxy) is 1. The van der Waals surface area contributed by atoms with Crippen LogP contribution < -0.4 is 21.0 Å². The normalized spacial score (nSPS) is 15.1. The van der Waals surface area contributed by atoms with Gasteiger partial charge in [-0.1, -0.05) is 0 Å².